The van der Waals surface area contributed by atoms with Crippen molar-refractivity contribution >= 4 is 5.91 Å². The van der Waals surface area contributed by atoms with Crippen molar-refractivity contribution in [3.8, 4) is 0 Å². The Hall–Kier alpha value is -1.46. The zero-order valence-electron chi connectivity index (χ0n) is 12.8. The topological polar surface area (TPSA) is 54.5 Å². The first kappa shape index (κ1) is 15.9. The summed E-state index contributed by atoms with van der Waals surface area (Å²) in [6.45, 7) is 3.87. The molecule has 1 aromatic heterocycles. The molecule has 1 aliphatic heterocycles. The number of hydrogen-bond acceptors (Lipinski definition) is 4. The maximum Gasteiger partial charge on any atom is 0.223 e. The van der Waals surface area contributed by atoms with Gasteiger partial charge in [0.2, 0.25) is 5.91 Å². The molecule has 2 rings (SSSR count). The second-order valence-electron chi connectivity index (χ2n) is 5.53. The number of pyridine rings is 1. The van der Waals surface area contributed by atoms with Crippen LogP contribution in [0.4, 0.5) is 0 Å². The SMILES string of the molecule is COCCN(Cc1ccccn1)C(=O)CCC1CCNC1. The van der Waals surface area contributed by atoms with E-state index < -0.39 is 0 Å². The largest absolute Gasteiger partial charge is 0.383 e. The van der Waals surface area contributed by atoms with Crippen molar-refractivity contribution < 1.29 is 9.53 Å². The summed E-state index contributed by atoms with van der Waals surface area (Å²) in [6, 6.07) is 5.79. The third kappa shape index (κ3) is 5.44. The molecule has 0 aliphatic carbocycles. The maximum absolute atomic E-state index is 12.4. The van der Waals surface area contributed by atoms with Gasteiger partial charge in [0.1, 0.15) is 0 Å². The molecule has 0 aromatic carbocycles. The number of rotatable bonds is 8. The molecule has 0 saturated carbocycles. The van der Waals surface area contributed by atoms with Gasteiger partial charge < -0.3 is 15.0 Å². The van der Waals surface area contributed by atoms with Crippen molar-refractivity contribution in [2.24, 2.45) is 5.92 Å². The lowest BCUT2D eigenvalue weighted by Gasteiger charge is -2.22. The smallest absolute Gasteiger partial charge is 0.223 e. The second kappa shape index (κ2) is 8.74. The molecule has 1 fully saturated rings. The van der Waals surface area contributed by atoms with Gasteiger partial charge in [-0.05, 0) is 44.0 Å². The number of carbonyl (C=O) groups is 1. The Labute approximate surface area is 126 Å². The molecular formula is C16H25N3O2. The fourth-order valence-electron chi connectivity index (χ4n) is 2.63. The lowest BCUT2D eigenvalue weighted by molar-refractivity contribution is -0.132. The van der Waals surface area contributed by atoms with Crippen LogP contribution in [0, 0.1) is 5.92 Å². The van der Waals surface area contributed by atoms with E-state index >= 15 is 0 Å². The predicted octanol–water partition coefficient (Wildman–Crippen LogP) is 1.45. The molecule has 1 N–H and O–H groups in total. The Kier molecular flexibility index (Phi) is 6.63. The molecule has 21 heavy (non-hydrogen) atoms. The summed E-state index contributed by atoms with van der Waals surface area (Å²) in [6.07, 6.45) is 4.53. The Balaban J connectivity index is 1.86. The Morgan fingerprint density at radius 2 is 2.43 bits per heavy atom. The molecule has 1 saturated heterocycles. The van der Waals surface area contributed by atoms with E-state index in [1.165, 1.54) is 6.42 Å². The maximum atomic E-state index is 12.4. The molecule has 2 heterocycles. The van der Waals surface area contributed by atoms with Crippen LogP contribution in [-0.4, -0.2) is 49.1 Å². The molecule has 5 heteroatoms. The first-order chi connectivity index (χ1) is 10.3. The van der Waals surface area contributed by atoms with Crippen LogP contribution in [0.5, 0.6) is 0 Å². The van der Waals surface area contributed by atoms with Crippen molar-refractivity contribution in [1.82, 2.24) is 15.2 Å². The summed E-state index contributed by atoms with van der Waals surface area (Å²) in [4.78, 5) is 18.6. The number of carbonyl (C=O) groups excluding carboxylic acids is 1. The zero-order chi connectivity index (χ0) is 14.9. The highest BCUT2D eigenvalue weighted by atomic mass is 16.5. The summed E-state index contributed by atoms with van der Waals surface area (Å²) in [5.41, 5.74) is 0.921. The number of aromatic nitrogens is 1. The van der Waals surface area contributed by atoms with Crippen molar-refractivity contribution in [1.29, 1.82) is 0 Å². The quantitative estimate of drug-likeness (QED) is 0.787. The molecule has 1 aliphatic rings. The summed E-state index contributed by atoms with van der Waals surface area (Å²) >= 11 is 0. The van der Waals surface area contributed by atoms with Gasteiger partial charge in [-0.1, -0.05) is 6.07 Å². The average Bonchev–Trinajstić information content (AvgIpc) is 3.03. The van der Waals surface area contributed by atoms with Crippen LogP contribution in [0.1, 0.15) is 25.0 Å². The second-order valence-corrected chi connectivity index (χ2v) is 5.53. The first-order valence-electron chi connectivity index (χ1n) is 7.67. The van der Waals surface area contributed by atoms with Crippen LogP contribution in [0.2, 0.25) is 0 Å². The number of amides is 1. The van der Waals surface area contributed by atoms with Gasteiger partial charge in [-0.25, -0.2) is 0 Å². The molecule has 1 amide bonds. The fourth-order valence-corrected chi connectivity index (χ4v) is 2.63. The normalized spacial score (nSPS) is 17.9. The highest BCUT2D eigenvalue weighted by Gasteiger charge is 2.19. The minimum absolute atomic E-state index is 0.199. The fraction of sp³-hybridized carbons (Fsp3) is 0.625. The summed E-state index contributed by atoms with van der Waals surface area (Å²) < 4.78 is 5.11. The van der Waals surface area contributed by atoms with Gasteiger partial charge in [0.25, 0.3) is 0 Å². The van der Waals surface area contributed by atoms with Gasteiger partial charge in [0, 0.05) is 26.3 Å². The summed E-state index contributed by atoms with van der Waals surface area (Å²) in [5.74, 6) is 0.845. The van der Waals surface area contributed by atoms with Crippen molar-refractivity contribution in [2.75, 3.05) is 33.4 Å². The molecule has 5 nitrogen and oxygen atoms in total. The van der Waals surface area contributed by atoms with Gasteiger partial charge in [0.15, 0.2) is 0 Å². The minimum atomic E-state index is 0.199. The zero-order valence-corrected chi connectivity index (χ0v) is 12.8. The van der Waals surface area contributed by atoms with Crippen molar-refractivity contribution in [2.45, 2.75) is 25.8 Å². The van der Waals surface area contributed by atoms with Gasteiger partial charge in [-0.15, -0.1) is 0 Å². The van der Waals surface area contributed by atoms with Gasteiger partial charge in [0.05, 0.1) is 18.8 Å². The molecule has 0 bridgehead atoms. The van der Waals surface area contributed by atoms with E-state index in [0.29, 0.717) is 32.0 Å². The molecule has 1 atom stereocenters. The number of methoxy groups -OCH3 is 1. The van der Waals surface area contributed by atoms with Gasteiger partial charge in [-0.3, -0.25) is 9.78 Å². The van der Waals surface area contributed by atoms with Crippen molar-refractivity contribution in [3.05, 3.63) is 30.1 Å². The van der Waals surface area contributed by atoms with E-state index in [1.807, 2.05) is 23.1 Å². The summed E-state index contributed by atoms with van der Waals surface area (Å²) in [5, 5.41) is 3.34. The van der Waals surface area contributed by atoms with Crippen LogP contribution >= 0.6 is 0 Å². The third-order valence-corrected chi connectivity index (χ3v) is 3.93. The van der Waals surface area contributed by atoms with E-state index in [4.69, 9.17) is 4.74 Å². The Bertz CT molecular complexity index is 419. The predicted molar refractivity (Wildman–Crippen MR) is 81.7 cm³/mol. The molecule has 0 radical (unpaired) electrons. The minimum Gasteiger partial charge on any atom is -0.383 e. The van der Waals surface area contributed by atoms with Crippen LogP contribution in [0.25, 0.3) is 0 Å². The van der Waals surface area contributed by atoms with E-state index in [9.17, 15) is 4.79 Å². The van der Waals surface area contributed by atoms with Crippen LogP contribution in [-0.2, 0) is 16.1 Å². The van der Waals surface area contributed by atoms with Crippen LogP contribution in [0.3, 0.4) is 0 Å². The van der Waals surface area contributed by atoms with Crippen LogP contribution < -0.4 is 5.32 Å². The molecule has 0 spiro atoms. The number of nitrogens with zero attached hydrogens (tertiary/aromatic N) is 2. The van der Waals surface area contributed by atoms with Crippen molar-refractivity contribution in [3.63, 3.8) is 0 Å². The standard InChI is InChI=1S/C16H25N3O2/c1-21-11-10-19(13-15-4-2-3-8-18-15)16(20)6-5-14-7-9-17-12-14/h2-4,8,14,17H,5-7,9-13H2,1H3. The number of hydrogen-bond donors (Lipinski definition) is 1. The Morgan fingerprint density at radius 1 is 1.52 bits per heavy atom. The monoisotopic (exact) mass is 291 g/mol. The lowest BCUT2D eigenvalue weighted by atomic mass is 10.0. The lowest BCUT2D eigenvalue weighted by Crippen LogP contribution is -2.34. The molecule has 1 aromatic rings. The first-order valence-corrected chi connectivity index (χ1v) is 7.67. The molecule has 1 unspecified atom stereocenters. The average molecular weight is 291 g/mol. The van der Waals surface area contributed by atoms with E-state index in [-0.39, 0.29) is 5.91 Å². The molecular weight excluding hydrogens is 266 g/mol. The summed E-state index contributed by atoms with van der Waals surface area (Å²) in [7, 11) is 1.66. The van der Waals surface area contributed by atoms with Gasteiger partial charge in [-0.2, -0.15) is 0 Å². The van der Waals surface area contributed by atoms with E-state index in [1.54, 1.807) is 13.3 Å². The Morgan fingerprint density at radius 3 is 3.10 bits per heavy atom. The highest BCUT2D eigenvalue weighted by Crippen LogP contribution is 2.15. The number of ether oxygens (including phenoxy) is 1. The van der Waals surface area contributed by atoms with E-state index in [2.05, 4.69) is 10.3 Å². The third-order valence-electron chi connectivity index (χ3n) is 3.93. The van der Waals surface area contributed by atoms with Crippen LogP contribution in [0.15, 0.2) is 24.4 Å². The van der Waals surface area contributed by atoms with Gasteiger partial charge >= 0.3 is 0 Å². The molecule has 116 valence electrons. The van der Waals surface area contributed by atoms with E-state index in [0.717, 1.165) is 25.2 Å². The number of nitrogens with one attached hydrogen (secondary N) is 1. The highest BCUT2D eigenvalue weighted by molar-refractivity contribution is 5.76.